The van der Waals surface area contributed by atoms with Gasteiger partial charge < -0.3 is 10.1 Å². The third kappa shape index (κ3) is 4.67. The van der Waals surface area contributed by atoms with Crippen molar-refractivity contribution in [2.45, 2.75) is 38.8 Å². The lowest BCUT2D eigenvalue weighted by atomic mass is 10.0. The number of methoxy groups -OCH3 is 1. The van der Waals surface area contributed by atoms with Gasteiger partial charge in [0.1, 0.15) is 5.82 Å². The van der Waals surface area contributed by atoms with E-state index in [1.165, 1.54) is 6.07 Å². The van der Waals surface area contributed by atoms with Gasteiger partial charge in [-0.3, -0.25) is 0 Å². The normalized spacial score (nSPS) is 14.5. The van der Waals surface area contributed by atoms with E-state index >= 15 is 0 Å². The van der Waals surface area contributed by atoms with Gasteiger partial charge in [0.15, 0.2) is 0 Å². The van der Waals surface area contributed by atoms with E-state index in [2.05, 4.69) is 28.2 Å². The zero-order chi connectivity index (χ0) is 13.5. The number of hydrogen-bond acceptors (Lipinski definition) is 2. The van der Waals surface area contributed by atoms with Gasteiger partial charge >= 0.3 is 0 Å². The van der Waals surface area contributed by atoms with Crippen LogP contribution in [-0.2, 0) is 4.74 Å². The highest BCUT2D eigenvalue weighted by atomic mass is 79.9. The third-order valence-corrected chi connectivity index (χ3v) is 3.44. The lowest BCUT2D eigenvalue weighted by molar-refractivity contribution is 0.0999. The summed E-state index contributed by atoms with van der Waals surface area (Å²) in [4.78, 5) is 0. The Morgan fingerprint density at radius 3 is 2.78 bits per heavy atom. The van der Waals surface area contributed by atoms with Crippen LogP contribution in [0.1, 0.15) is 38.3 Å². The molecule has 2 unspecified atom stereocenters. The molecule has 102 valence electrons. The molecule has 0 saturated carbocycles. The Morgan fingerprint density at radius 1 is 1.44 bits per heavy atom. The molecule has 0 aromatic heterocycles. The molecule has 18 heavy (non-hydrogen) atoms. The summed E-state index contributed by atoms with van der Waals surface area (Å²) in [5.41, 5.74) is 0.696. The maximum atomic E-state index is 13.9. The predicted octanol–water partition coefficient (Wildman–Crippen LogP) is 4.05. The summed E-state index contributed by atoms with van der Waals surface area (Å²) in [7, 11) is 1.68. The summed E-state index contributed by atoms with van der Waals surface area (Å²) in [6.45, 7) is 4.96. The van der Waals surface area contributed by atoms with Gasteiger partial charge in [-0.05, 0) is 44.5 Å². The smallest absolute Gasteiger partial charge is 0.128 e. The Hall–Kier alpha value is -0.450. The van der Waals surface area contributed by atoms with E-state index in [9.17, 15) is 4.39 Å². The summed E-state index contributed by atoms with van der Waals surface area (Å²) in [5, 5.41) is 3.38. The summed E-state index contributed by atoms with van der Waals surface area (Å²) in [5.74, 6) is -0.171. The highest BCUT2D eigenvalue weighted by Gasteiger charge is 2.18. The van der Waals surface area contributed by atoms with E-state index < -0.39 is 0 Å². The maximum absolute atomic E-state index is 13.9. The molecular formula is C14H21BrFNO. The first-order chi connectivity index (χ1) is 8.58. The highest BCUT2D eigenvalue weighted by Crippen LogP contribution is 2.25. The molecule has 0 heterocycles. The Bertz CT molecular complexity index is 373. The number of hydrogen-bond donors (Lipinski definition) is 1. The van der Waals surface area contributed by atoms with Crippen LogP contribution >= 0.6 is 15.9 Å². The monoisotopic (exact) mass is 317 g/mol. The fourth-order valence-electron chi connectivity index (χ4n) is 1.85. The van der Waals surface area contributed by atoms with Gasteiger partial charge in [-0.15, -0.1) is 0 Å². The zero-order valence-corrected chi connectivity index (χ0v) is 12.8. The molecule has 0 amide bonds. The van der Waals surface area contributed by atoms with Crippen molar-refractivity contribution in [2.75, 3.05) is 13.7 Å². The second-order valence-electron chi connectivity index (χ2n) is 4.45. The second-order valence-corrected chi connectivity index (χ2v) is 5.37. The Labute approximate surface area is 117 Å². The third-order valence-electron chi connectivity index (χ3n) is 2.94. The molecule has 0 bridgehead atoms. The average Bonchev–Trinajstić information content (AvgIpc) is 2.37. The fourth-order valence-corrected chi connectivity index (χ4v) is 2.23. The number of halogens is 2. The number of rotatable bonds is 7. The van der Waals surface area contributed by atoms with Crippen molar-refractivity contribution < 1.29 is 9.13 Å². The molecule has 2 atom stereocenters. The van der Waals surface area contributed by atoms with Gasteiger partial charge in [-0.2, -0.15) is 0 Å². The highest BCUT2D eigenvalue weighted by molar-refractivity contribution is 9.10. The van der Waals surface area contributed by atoms with Crippen LogP contribution in [-0.4, -0.2) is 19.8 Å². The van der Waals surface area contributed by atoms with Gasteiger partial charge in [-0.1, -0.05) is 22.9 Å². The van der Waals surface area contributed by atoms with Crippen LogP contribution in [0.5, 0.6) is 0 Å². The molecule has 0 aliphatic carbocycles. The van der Waals surface area contributed by atoms with E-state index in [0.29, 0.717) is 5.56 Å². The molecule has 4 heteroatoms. The first-order valence-electron chi connectivity index (χ1n) is 6.29. The number of ether oxygens (including phenoxy) is 1. The molecule has 0 fully saturated rings. The van der Waals surface area contributed by atoms with Crippen molar-refractivity contribution in [1.82, 2.24) is 5.32 Å². The molecule has 1 rings (SSSR count). The average molecular weight is 318 g/mol. The largest absolute Gasteiger partial charge is 0.382 e. The van der Waals surface area contributed by atoms with Crippen LogP contribution in [0.4, 0.5) is 4.39 Å². The minimum absolute atomic E-state index is 0.0163. The van der Waals surface area contributed by atoms with Crippen molar-refractivity contribution in [3.63, 3.8) is 0 Å². The molecule has 0 saturated heterocycles. The summed E-state index contributed by atoms with van der Waals surface area (Å²) < 4.78 is 20.1. The SMILES string of the molecule is CCCNC(CC(C)OC)c1cc(Br)ccc1F. The standard InChI is InChI=1S/C14H21BrFNO/c1-4-7-17-14(8-10(2)18-3)12-9-11(15)5-6-13(12)16/h5-6,9-10,14,17H,4,7-8H2,1-3H3. The lowest BCUT2D eigenvalue weighted by Gasteiger charge is -2.22. The lowest BCUT2D eigenvalue weighted by Crippen LogP contribution is -2.26. The molecule has 2 nitrogen and oxygen atoms in total. The predicted molar refractivity (Wildman–Crippen MR) is 76.2 cm³/mol. The molecule has 0 aliphatic heterocycles. The van der Waals surface area contributed by atoms with Crippen LogP contribution in [0, 0.1) is 5.82 Å². The molecular weight excluding hydrogens is 297 g/mol. The van der Waals surface area contributed by atoms with Crippen molar-refractivity contribution in [1.29, 1.82) is 0 Å². The molecule has 0 radical (unpaired) electrons. The first kappa shape index (κ1) is 15.6. The van der Waals surface area contributed by atoms with E-state index in [-0.39, 0.29) is 18.0 Å². The van der Waals surface area contributed by atoms with Crippen molar-refractivity contribution in [2.24, 2.45) is 0 Å². The molecule has 0 aliphatic rings. The quantitative estimate of drug-likeness (QED) is 0.819. The van der Waals surface area contributed by atoms with E-state index in [0.717, 1.165) is 23.9 Å². The second kappa shape index (κ2) is 7.87. The zero-order valence-electron chi connectivity index (χ0n) is 11.2. The minimum Gasteiger partial charge on any atom is -0.382 e. The van der Waals surface area contributed by atoms with E-state index in [1.807, 2.05) is 13.0 Å². The Balaban J connectivity index is 2.89. The molecule has 0 spiro atoms. The number of nitrogens with one attached hydrogen (secondary N) is 1. The van der Waals surface area contributed by atoms with Crippen molar-refractivity contribution in [3.05, 3.63) is 34.1 Å². The van der Waals surface area contributed by atoms with Gasteiger partial charge in [-0.25, -0.2) is 4.39 Å². The fraction of sp³-hybridized carbons (Fsp3) is 0.571. The summed E-state index contributed by atoms with van der Waals surface area (Å²) >= 11 is 3.39. The van der Waals surface area contributed by atoms with Gasteiger partial charge in [0.05, 0.1) is 6.10 Å². The Kier molecular flexibility index (Phi) is 6.82. The topological polar surface area (TPSA) is 21.3 Å². The van der Waals surface area contributed by atoms with Crippen LogP contribution in [0.2, 0.25) is 0 Å². The van der Waals surface area contributed by atoms with Crippen molar-refractivity contribution >= 4 is 15.9 Å². The number of benzene rings is 1. The molecule has 1 N–H and O–H groups in total. The van der Waals surface area contributed by atoms with Crippen molar-refractivity contribution in [3.8, 4) is 0 Å². The summed E-state index contributed by atoms with van der Waals surface area (Å²) in [6.07, 6.45) is 1.87. The summed E-state index contributed by atoms with van der Waals surface area (Å²) in [6, 6.07) is 5.04. The van der Waals surface area contributed by atoms with Gasteiger partial charge in [0, 0.05) is 23.2 Å². The van der Waals surface area contributed by atoms with Crippen LogP contribution in [0.15, 0.2) is 22.7 Å². The van der Waals surface area contributed by atoms with Gasteiger partial charge in [0.25, 0.3) is 0 Å². The van der Waals surface area contributed by atoms with Crippen LogP contribution in [0.25, 0.3) is 0 Å². The Morgan fingerprint density at radius 2 is 2.17 bits per heavy atom. The van der Waals surface area contributed by atoms with Crippen LogP contribution in [0.3, 0.4) is 0 Å². The minimum atomic E-state index is -0.171. The maximum Gasteiger partial charge on any atom is 0.128 e. The molecule has 1 aromatic carbocycles. The van der Waals surface area contributed by atoms with Crippen LogP contribution < -0.4 is 5.32 Å². The van der Waals surface area contributed by atoms with Gasteiger partial charge in [0.2, 0.25) is 0 Å². The molecule has 1 aromatic rings. The van der Waals surface area contributed by atoms with E-state index in [4.69, 9.17) is 4.74 Å². The first-order valence-corrected chi connectivity index (χ1v) is 7.08. The van der Waals surface area contributed by atoms with E-state index in [1.54, 1.807) is 13.2 Å².